The number of ether oxygens (including phenoxy) is 2. The van der Waals surface area contributed by atoms with E-state index in [0.29, 0.717) is 17.2 Å². The fraction of sp³-hybridized carbons (Fsp3) is 0.400. The van der Waals surface area contributed by atoms with Crippen molar-refractivity contribution in [3.63, 3.8) is 0 Å². The molecular formula is C15H18N2O6S. The molecule has 2 amide bonds. The topological polar surface area (TPSA) is 114 Å². The molecule has 1 aromatic rings. The first kappa shape index (κ1) is 17.9. The van der Waals surface area contributed by atoms with E-state index < -0.39 is 23.2 Å². The largest absolute Gasteiger partial charge is 0.497 e. The van der Waals surface area contributed by atoms with Gasteiger partial charge in [0.25, 0.3) is 0 Å². The third kappa shape index (κ3) is 4.31. The Morgan fingerprint density at radius 2 is 2.12 bits per heavy atom. The summed E-state index contributed by atoms with van der Waals surface area (Å²) >= 11 is 1.15. The Hall–Kier alpha value is -2.42. The lowest BCUT2D eigenvalue weighted by Gasteiger charge is -2.26. The quantitative estimate of drug-likeness (QED) is 0.689. The van der Waals surface area contributed by atoms with Crippen molar-refractivity contribution in [2.24, 2.45) is 0 Å². The highest BCUT2D eigenvalue weighted by Gasteiger charge is 2.33. The van der Waals surface area contributed by atoms with Crippen LogP contribution in [0, 0.1) is 0 Å². The Labute approximate surface area is 142 Å². The van der Waals surface area contributed by atoms with Crippen LogP contribution >= 0.6 is 11.8 Å². The van der Waals surface area contributed by atoms with E-state index in [0.717, 1.165) is 11.8 Å². The van der Waals surface area contributed by atoms with Gasteiger partial charge in [-0.2, -0.15) is 0 Å². The molecule has 1 fully saturated rings. The average molecular weight is 354 g/mol. The van der Waals surface area contributed by atoms with E-state index >= 15 is 0 Å². The first-order valence-corrected chi connectivity index (χ1v) is 8.16. The number of carbonyl (C=O) groups is 3. The zero-order valence-corrected chi connectivity index (χ0v) is 14.0. The van der Waals surface area contributed by atoms with Gasteiger partial charge in [0.1, 0.15) is 17.5 Å². The molecule has 1 aromatic carbocycles. The lowest BCUT2D eigenvalue weighted by atomic mass is 10.2. The number of amides is 2. The van der Waals surface area contributed by atoms with Crippen LogP contribution in [-0.2, 0) is 14.4 Å². The van der Waals surface area contributed by atoms with Crippen LogP contribution in [0.3, 0.4) is 0 Å². The Morgan fingerprint density at radius 3 is 2.71 bits per heavy atom. The number of carbonyl (C=O) groups excluding carboxylic acids is 2. The molecule has 2 rings (SSSR count). The van der Waals surface area contributed by atoms with Crippen molar-refractivity contribution in [1.82, 2.24) is 5.32 Å². The first-order chi connectivity index (χ1) is 11.4. The number of hydrogen-bond acceptors (Lipinski definition) is 6. The van der Waals surface area contributed by atoms with Gasteiger partial charge in [-0.3, -0.25) is 9.59 Å². The number of anilines is 1. The van der Waals surface area contributed by atoms with Crippen LogP contribution in [0.15, 0.2) is 18.2 Å². The van der Waals surface area contributed by atoms with E-state index in [2.05, 4.69) is 10.6 Å². The molecule has 2 atom stereocenters. The number of aliphatic carboxylic acids is 1. The summed E-state index contributed by atoms with van der Waals surface area (Å²) in [6, 6.07) is 4.06. The summed E-state index contributed by atoms with van der Waals surface area (Å²) in [5, 5.41) is 13.3. The molecule has 24 heavy (non-hydrogen) atoms. The predicted molar refractivity (Wildman–Crippen MR) is 88.6 cm³/mol. The molecule has 0 unspecified atom stereocenters. The zero-order chi connectivity index (χ0) is 17.7. The smallest absolute Gasteiger partial charge is 0.327 e. The lowest BCUT2D eigenvalue weighted by Crippen LogP contribution is -2.51. The summed E-state index contributed by atoms with van der Waals surface area (Å²) in [6.45, 7) is 0. The van der Waals surface area contributed by atoms with E-state index in [1.807, 2.05) is 0 Å². The molecule has 1 aliphatic heterocycles. The number of carboxylic acid groups (broad SMARTS) is 1. The molecule has 0 aromatic heterocycles. The van der Waals surface area contributed by atoms with Gasteiger partial charge in [0.15, 0.2) is 0 Å². The first-order valence-electron chi connectivity index (χ1n) is 7.11. The Morgan fingerprint density at radius 1 is 1.38 bits per heavy atom. The minimum atomic E-state index is -1.08. The molecular weight excluding hydrogens is 336 g/mol. The van der Waals surface area contributed by atoms with Crippen molar-refractivity contribution in [2.75, 3.05) is 25.3 Å². The fourth-order valence-corrected chi connectivity index (χ4v) is 3.30. The maximum absolute atomic E-state index is 12.2. The minimum Gasteiger partial charge on any atom is -0.497 e. The van der Waals surface area contributed by atoms with Gasteiger partial charge in [0.2, 0.25) is 11.8 Å². The highest BCUT2D eigenvalue weighted by molar-refractivity contribution is 8.00. The Kier molecular flexibility index (Phi) is 5.91. The Bertz CT molecular complexity index is 651. The van der Waals surface area contributed by atoms with Crippen molar-refractivity contribution in [3.8, 4) is 11.5 Å². The summed E-state index contributed by atoms with van der Waals surface area (Å²) in [5.41, 5.74) is 0.437. The maximum Gasteiger partial charge on any atom is 0.327 e. The van der Waals surface area contributed by atoms with E-state index in [-0.39, 0.29) is 18.1 Å². The number of hydrogen-bond donors (Lipinski definition) is 3. The van der Waals surface area contributed by atoms with E-state index in [4.69, 9.17) is 14.6 Å². The molecule has 0 bridgehead atoms. The van der Waals surface area contributed by atoms with Crippen LogP contribution in [-0.4, -0.2) is 54.2 Å². The van der Waals surface area contributed by atoms with Crippen LogP contribution in [0.1, 0.15) is 6.42 Å². The number of thioether (sulfide) groups is 1. The van der Waals surface area contributed by atoms with Gasteiger partial charge >= 0.3 is 5.97 Å². The van der Waals surface area contributed by atoms with Crippen LogP contribution in [0.25, 0.3) is 0 Å². The molecule has 0 saturated carbocycles. The molecule has 1 aliphatic rings. The molecule has 0 spiro atoms. The molecule has 1 heterocycles. The fourth-order valence-electron chi connectivity index (χ4n) is 2.16. The monoisotopic (exact) mass is 354 g/mol. The molecule has 1 saturated heterocycles. The molecule has 130 valence electrons. The second-order valence-electron chi connectivity index (χ2n) is 5.04. The normalized spacial score (nSPS) is 20.0. The molecule has 0 aliphatic carbocycles. The van der Waals surface area contributed by atoms with Gasteiger partial charge in [0, 0.05) is 18.2 Å². The number of rotatable bonds is 6. The van der Waals surface area contributed by atoms with Gasteiger partial charge in [-0.1, -0.05) is 0 Å². The Balaban J connectivity index is 1.99. The third-order valence-corrected chi connectivity index (χ3v) is 4.73. The maximum atomic E-state index is 12.2. The highest BCUT2D eigenvalue weighted by atomic mass is 32.2. The number of nitrogens with one attached hydrogen (secondary N) is 2. The van der Waals surface area contributed by atoms with E-state index in [1.165, 1.54) is 14.2 Å². The van der Waals surface area contributed by atoms with Crippen molar-refractivity contribution < 1.29 is 29.0 Å². The van der Waals surface area contributed by atoms with Gasteiger partial charge in [-0.15, -0.1) is 11.8 Å². The van der Waals surface area contributed by atoms with Crippen LogP contribution in [0.5, 0.6) is 11.5 Å². The van der Waals surface area contributed by atoms with E-state index in [1.54, 1.807) is 18.2 Å². The summed E-state index contributed by atoms with van der Waals surface area (Å²) < 4.78 is 10.3. The van der Waals surface area contributed by atoms with Crippen molar-refractivity contribution in [1.29, 1.82) is 0 Å². The predicted octanol–water partition coefficient (Wildman–Crippen LogP) is 0.717. The number of benzene rings is 1. The summed E-state index contributed by atoms with van der Waals surface area (Å²) in [7, 11) is 2.99. The second kappa shape index (κ2) is 7.91. The standard InChI is InChI=1S/C15H18N2O6S/c1-22-8-3-4-11(23-2)9(5-8)16-13(18)6-12-14(19)17-10(7-24-12)15(20)21/h3-5,10,12H,6-7H2,1-2H3,(H,16,18)(H,17,19)(H,20,21)/t10-,12+/m0/s1. The molecule has 8 nitrogen and oxygen atoms in total. The average Bonchev–Trinajstić information content (AvgIpc) is 2.56. The van der Waals surface area contributed by atoms with Crippen molar-refractivity contribution >= 4 is 35.2 Å². The zero-order valence-electron chi connectivity index (χ0n) is 13.2. The van der Waals surface area contributed by atoms with E-state index in [9.17, 15) is 14.4 Å². The van der Waals surface area contributed by atoms with Gasteiger partial charge in [0.05, 0.1) is 25.2 Å². The SMILES string of the molecule is COc1ccc(OC)c(NC(=O)C[C@H]2SC[C@@H](C(=O)O)NC2=O)c1. The summed E-state index contributed by atoms with van der Waals surface area (Å²) in [6.07, 6.45) is -0.0663. The van der Waals surface area contributed by atoms with Crippen LogP contribution in [0.4, 0.5) is 5.69 Å². The lowest BCUT2D eigenvalue weighted by molar-refractivity contribution is -0.141. The van der Waals surface area contributed by atoms with Crippen LogP contribution < -0.4 is 20.1 Å². The molecule has 3 N–H and O–H groups in total. The van der Waals surface area contributed by atoms with Crippen molar-refractivity contribution in [3.05, 3.63) is 18.2 Å². The van der Waals surface area contributed by atoms with Crippen molar-refractivity contribution in [2.45, 2.75) is 17.7 Å². The number of carboxylic acids is 1. The summed E-state index contributed by atoms with van der Waals surface area (Å²) in [5.74, 6) is -0.660. The van der Waals surface area contributed by atoms with Gasteiger partial charge in [-0.05, 0) is 12.1 Å². The minimum absolute atomic E-state index is 0.0663. The van der Waals surface area contributed by atoms with Crippen LogP contribution in [0.2, 0.25) is 0 Å². The highest BCUT2D eigenvalue weighted by Crippen LogP contribution is 2.29. The van der Waals surface area contributed by atoms with Gasteiger partial charge in [-0.25, -0.2) is 4.79 Å². The number of methoxy groups -OCH3 is 2. The molecule has 0 radical (unpaired) electrons. The van der Waals surface area contributed by atoms with Gasteiger partial charge < -0.3 is 25.2 Å². The third-order valence-electron chi connectivity index (χ3n) is 3.42. The second-order valence-corrected chi connectivity index (χ2v) is 6.28. The summed E-state index contributed by atoms with van der Waals surface area (Å²) in [4.78, 5) is 35.0. The molecule has 9 heteroatoms.